The minimum atomic E-state index is -0.756. The Hall–Kier alpha value is -2.24. The van der Waals surface area contributed by atoms with Gasteiger partial charge in [0.1, 0.15) is 23.9 Å². The number of hydrogen-bond acceptors (Lipinski definition) is 5. The average Bonchev–Trinajstić information content (AvgIpc) is 2.65. The van der Waals surface area contributed by atoms with Crippen molar-refractivity contribution in [1.82, 2.24) is 4.90 Å². The largest absolute Gasteiger partial charge is 0.508 e. The molecule has 1 heterocycles. The highest BCUT2D eigenvalue weighted by Crippen LogP contribution is 2.31. The van der Waals surface area contributed by atoms with E-state index in [1.54, 1.807) is 39.5 Å². The summed E-state index contributed by atoms with van der Waals surface area (Å²) in [6.45, 7) is 9.32. The van der Waals surface area contributed by atoms with Gasteiger partial charge in [-0.05, 0) is 40.2 Å². The number of carbonyl (C=O) groups excluding carboxylic acids is 2. The van der Waals surface area contributed by atoms with Gasteiger partial charge in [0.2, 0.25) is 0 Å². The summed E-state index contributed by atoms with van der Waals surface area (Å²) >= 11 is 0. The van der Waals surface area contributed by atoms with Crippen LogP contribution in [-0.2, 0) is 20.8 Å². The first kappa shape index (κ1) is 18.1. The van der Waals surface area contributed by atoms with Crippen molar-refractivity contribution in [2.45, 2.75) is 58.4 Å². The Labute approximate surface area is 142 Å². The van der Waals surface area contributed by atoms with Crippen LogP contribution in [0.5, 0.6) is 0 Å². The third kappa shape index (κ3) is 4.63. The second-order valence-corrected chi connectivity index (χ2v) is 7.38. The van der Waals surface area contributed by atoms with Gasteiger partial charge in [-0.15, -0.1) is 0 Å². The molecule has 0 aromatic heterocycles. The van der Waals surface area contributed by atoms with Gasteiger partial charge in [0.15, 0.2) is 0 Å². The molecule has 1 aliphatic rings. The quantitative estimate of drug-likeness (QED) is 0.784. The topological polar surface area (TPSA) is 65.1 Å². The highest BCUT2D eigenvalue weighted by atomic mass is 16.7. The molecule has 1 aliphatic heterocycles. The van der Waals surface area contributed by atoms with Gasteiger partial charge in [0.25, 0.3) is 0 Å². The predicted octanol–water partition coefficient (Wildman–Crippen LogP) is 3.74. The molecule has 0 aliphatic carbocycles. The van der Waals surface area contributed by atoms with Gasteiger partial charge in [-0.3, -0.25) is 4.90 Å². The van der Waals surface area contributed by atoms with E-state index in [2.05, 4.69) is 0 Å². The molecule has 6 nitrogen and oxygen atoms in total. The maximum atomic E-state index is 12.2. The van der Waals surface area contributed by atoms with E-state index < -0.39 is 29.5 Å². The molecule has 6 heteroatoms. The van der Waals surface area contributed by atoms with Crippen LogP contribution in [0.15, 0.2) is 30.3 Å². The zero-order valence-corrected chi connectivity index (χ0v) is 14.9. The minimum Gasteiger partial charge on any atom is -0.441 e. The zero-order valence-electron chi connectivity index (χ0n) is 14.9. The van der Waals surface area contributed by atoms with Gasteiger partial charge in [-0.25, -0.2) is 9.59 Å². The number of hydrogen-bond donors (Lipinski definition) is 0. The fourth-order valence-electron chi connectivity index (χ4n) is 2.53. The van der Waals surface area contributed by atoms with Crippen molar-refractivity contribution in [2.75, 3.05) is 6.61 Å². The standard InChI is InChI=1S/C18H25NO5/c1-17(2,3)24-16(21)22-12-14-18(4,5)23-15(20)19(14)11-13-9-7-6-8-10-13/h6-10,14H,11-12H2,1-5H3/t14-/m0/s1. The molecule has 0 spiro atoms. The fourth-order valence-corrected chi connectivity index (χ4v) is 2.53. The molecular formula is C18H25NO5. The van der Waals surface area contributed by atoms with Gasteiger partial charge in [0.05, 0.1) is 0 Å². The molecule has 2 rings (SSSR count). The number of cyclic esters (lactones) is 1. The van der Waals surface area contributed by atoms with E-state index in [1.165, 1.54) is 0 Å². The second kappa shape index (κ2) is 6.71. The number of nitrogens with zero attached hydrogens (tertiary/aromatic N) is 1. The lowest BCUT2D eigenvalue weighted by Crippen LogP contribution is -2.45. The molecular weight excluding hydrogens is 310 g/mol. The Kier molecular flexibility index (Phi) is 5.06. The lowest BCUT2D eigenvalue weighted by molar-refractivity contribution is -0.0248. The van der Waals surface area contributed by atoms with Crippen LogP contribution in [0.3, 0.4) is 0 Å². The summed E-state index contributed by atoms with van der Waals surface area (Å²) in [6.07, 6.45) is -1.17. The van der Waals surface area contributed by atoms with E-state index >= 15 is 0 Å². The Bertz CT molecular complexity index is 591. The normalized spacial score (nSPS) is 19.8. The molecule has 0 unspecified atom stereocenters. The minimum absolute atomic E-state index is 0.0144. The molecule has 132 valence electrons. The number of rotatable bonds is 4. The molecule has 1 saturated heterocycles. The van der Waals surface area contributed by atoms with E-state index in [0.29, 0.717) is 6.54 Å². The zero-order chi connectivity index (χ0) is 18.0. The van der Waals surface area contributed by atoms with E-state index in [9.17, 15) is 9.59 Å². The van der Waals surface area contributed by atoms with Crippen LogP contribution >= 0.6 is 0 Å². The van der Waals surface area contributed by atoms with Gasteiger partial charge < -0.3 is 14.2 Å². The molecule has 0 bridgehead atoms. The van der Waals surface area contributed by atoms with Crippen LogP contribution in [0.2, 0.25) is 0 Å². The Balaban J connectivity index is 2.05. The third-order valence-corrected chi connectivity index (χ3v) is 3.71. The first-order chi connectivity index (χ1) is 11.1. The van der Waals surface area contributed by atoms with Crippen LogP contribution in [0.4, 0.5) is 9.59 Å². The van der Waals surface area contributed by atoms with Crippen LogP contribution in [-0.4, -0.2) is 41.0 Å². The first-order valence-corrected chi connectivity index (χ1v) is 7.98. The van der Waals surface area contributed by atoms with Gasteiger partial charge in [-0.1, -0.05) is 30.3 Å². The Morgan fingerprint density at radius 1 is 1.25 bits per heavy atom. The Morgan fingerprint density at radius 3 is 2.46 bits per heavy atom. The van der Waals surface area contributed by atoms with Crippen molar-refractivity contribution in [3.63, 3.8) is 0 Å². The summed E-state index contributed by atoms with van der Waals surface area (Å²) in [7, 11) is 0. The summed E-state index contributed by atoms with van der Waals surface area (Å²) in [5.74, 6) is 0. The summed E-state index contributed by atoms with van der Waals surface area (Å²) in [5.41, 5.74) is -0.402. The summed E-state index contributed by atoms with van der Waals surface area (Å²) < 4.78 is 15.8. The van der Waals surface area contributed by atoms with Crippen molar-refractivity contribution >= 4 is 12.2 Å². The van der Waals surface area contributed by atoms with E-state index in [-0.39, 0.29) is 6.61 Å². The maximum Gasteiger partial charge on any atom is 0.508 e. The Morgan fingerprint density at radius 2 is 1.88 bits per heavy atom. The summed E-state index contributed by atoms with van der Waals surface area (Å²) in [6, 6.07) is 9.22. The first-order valence-electron chi connectivity index (χ1n) is 7.98. The van der Waals surface area contributed by atoms with E-state index in [0.717, 1.165) is 5.56 Å². The molecule has 1 aromatic rings. The number of amides is 1. The molecule has 0 N–H and O–H groups in total. The van der Waals surface area contributed by atoms with Crippen molar-refractivity contribution in [1.29, 1.82) is 0 Å². The van der Waals surface area contributed by atoms with Crippen LogP contribution in [0.25, 0.3) is 0 Å². The highest BCUT2D eigenvalue weighted by molar-refractivity contribution is 5.71. The van der Waals surface area contributed by atoms with Crippen LogP contribution < -0.4 is 0 Å². The molecule has 1 amide bonds. The maximum absolute atomic E-state index is 12.2. The molecule has 0 radical (unpaired) electrons. The molecule has 24 heavy (non-hydrogen) atoms. The summed E-state index contributed by atoms with van der Waals surface area (Å²) in [4.78, 5) is 25.6. The monoisotopic (exact) mass is 335 g/mol. The number of carbonyl (C=O) groups is 2. The van der Waals surface area contributed by atoms with E-state index in [1.807, 2.05) is 30.3 Å². The fraction of sp³-hybridized carbons (Fsp3) is 0.556. The molecule has 0 saturated carbocycles. The highest BCUT2D eigenvalue weighted by Gasteiger charge is 2.48. The van der Waals surface area contributed by atoms with Gasteiger partial charge >= 0.3 is 12.2 Å². The average molecular weight is 335 g/mol. The van der Waals surface area contributed by atoms with Crippen molar-refractivity contribution in [2.24, 2.45) is 0 Å². The number of benzene rings is 1. The lowest BCUT2D eigenvalue weighted by atomic mass is 9.99. The smallest absolute Gasteiger partial charge is 0.441 e. The van der Waals surface area contributed by atoms with Gasteiger partial charge in [0, 0.05) is 6.54 Å². The van der Waals surface area contributed by atoms with Gasteiger partial charge in [-0.2, -0.15) is 0 Å². The van der Waals surface area contributed by atoms with Crippen molar-refractivity contribution in [3.8, 4) is 0 Å². The molecule has 1 fully saturated rings. The summed E-state index contributed by atoms with van der Waals surface area (Å²) in [5, 5.41) is 0. The SMILES string of the molecule is CC(C)(C)OC(=O)OC[C@@H]1N(Cc2ccccc2)C(=O)OC1(C)C. The van der Waals surface area contributed by atoms with Crippen molar-refractivity contribution in [3.05, 3.63) is 35.9 Å². The lowest BCUT2D eigenvalue weighted by Gasteiger charge is -2.29. The van der Waals surface area contributed by atoms with Crippen molar-refractivity contribution < 1.29 is 23.8 Å². The second-order valence-electron chi connectivity index (χ2n) is 7.38. The van der Waals surface area contributed by atoms with Crippen LogP contribution in [0.1, 0.15) is 40.2 Å². The number of ether oxygens (including phenoxy) is 3. The third-order valence-electron chi connectivity index (χ3n) is 3.71. The van der Waals surface area contributed by atoms with Crippen LogP contribution in [0, 0.1) is 0 Å². The van der Waals surface area contributed by atoms with E-state index in [4.69, 9.17) is 14.2 Å². The predicted molar refractivity (Wildman–Crippen MR) is 88.5 cm³/mol. The molecule has 1 aromatic carbocycles. The molecule has 1 atom stereocenters.